The van der Waals surface area contributed by atoms with E-state index in [1.54, 1.807) is 17.3 Å². The molecular formula is C18H21N5O3. The van der Waals surface area contributed by atoms with E-state index in [0.717, 1.165) is 18.7 Å². The summed E-state index contributed by atoms with van der Waals surface area (Å²) in [6.07, 6.45) is 7.51. The molecule has 0 radical (unpaired) electrons. The highest BCUT2D eigenvalue weighted by Crippen LogP contribution is 2.37. The fourth-order valence-electron chi connectivity index (χ4n) is 3.19. The van der Waals surface area contributed by atoms with Crippen LogP contribution in [-0.4, -0.2) is 57.0 Å². The number of nitrogens with one attached hydrogen (secondary N) is 1. The van der Waals surface area contributed by atoms with Crippen LogP contribution in [-0.2, 0) is 11.2 Å². The first-order chi connectivity index (χ1) is 12.7. The van der Waals surface area contributed by atoms with Gasteiger partial charge in [0, 0.05) is 49.1 Å². The van der Waals surface area contributed by atoms with Crippen molar-refractivity contribution in [3.63, 3.8) is 0 Å². The molecule has 1 N–H and O–H groups in total. The summed E-state index contributed by atoms with van der Waals surface area (Å²) < 4.78 is 5.65. The molecule has 8 heteroatoms. The van der Waals surface area contributed by atoms with E-state index in [9.17, 15) is 9.59 Å². The fourth-order valence-corrected chi connectivity index (χ4v) is 3.19. The molecule has 2 aromatic rings. The topological polar surface area (TPSA) is 101 Å². The fraction of sp³-hybridized carbons (Fsp3) is 0.500. The van der Waals surface area contributed by atoms with Crippen molar-refractivity contribution >= 4 is 5.91 Å². The molecule has 26 heavy (non-hydrogen) atoms. The van der Waals surface area contributed by atoms with Crippen LogP contribution in [0.1, 0.15) is 40.6 Å². The Morgan fingerprint density at radius 2 is 2.08 bits per heavy atom. The molecule has 2 fully saturated rings. The average molecular weight is 355 g/mol. The summed E-state index contributed by atoms with van der Waals surface area (Å²) in [7, 11) is 0. The molecule has 1 aliphatic carbocycles. The third-order valence-electron chi connectivity index (χ3n) is 4.72. The van der Waals surface area contributed by atoms with Crippen molar-refractivity contribution in [1.29, 1.82) is 0 Å². The summed E-state index contributed by atoms with van der Waals surface area (Å²) in [5, 5.41) is 0. The molecule has 0 unspecified atom stereocenters. The number of rotatable bonds is 4. The van der Waals surface area contributed by atoms with Gasteiger partial charge in [0.1, 0.15) is 5.82 Å². The van der Waals surface area contributed by atoms with Crippen LogP contribution in [0, 0.1) is 5.92 Å². The molecule has 1 saturated carbocycles. The molecule has 2 aromatic heterocycles. The third kappa shape index (κ3) is 3.96. The molecule has 1 atom stereocenters. The van der Waals surface area contributed by atoms with Gasteiger partial charge >= 0.3 is 0 Å². The first-order valence-electron chi connectivity index (χ1n) is 8.91. The Balaban J connectivity index is 1.44. The van der Waals surface area contributed by atoms with Crippen LogP contribution in [0.4, 0.5) is 0 Å². The number of ether oxygens (including phenoxy) is 1. The number of hydrogen-bond acceptors (Lipinski definition) is 6. The molecular weight excluding hydrogens is 334 g/mol. The van der Waals surface area contributed by atoms with Crippen molar-refractivity contribution in [2.45, 2.75) is 25.2 Å². The van der Waals surface area contributed by atoms with Gasteiger partial charge in [0.2, 0.25) is 0 Å². The number of H-pyrrole nitrogens is 1. The van der Waals surface area contributed by atoms with Crippen LogP contribution in [0.15, 0.2) is 29.6 Å². The van der Waals surface area contributed by atoms with Crippen molar-refractivity contribution in [1.82, 2.24) is 24.8 Å². The summed E-state index contributed by atoms with van der Waals surface area (Å²) in [5.41, 5.74) is 1.03. The van der Waals surface area contributed by atoms with E-state index in [-0.39, 0.29) is 17.4 Å². The minimum Gasteiger partial charge on any atom is -0.379 e. The monoisotopic (exact) mass is 355 g/mol. The lowest BCUT2D eigenvalue weighted by Gasteiger charge is -2.23. The Morgan fingerprint density at radius 1 is 1.27 bits per heavy atom. The predicted molar refractivity (Wildman–Crippen MR) is 92.8 cm³/mol. The molecule has 0 bridgehead atoms. The van der Waals surface area contributed by atoms with E-state index in [4.69, 9.17) is 4.74 Å². The van der Waals surface area contributed by atoms with E-state index in [0.29, 0.717) is 49.9 Å². The van der Waals surface area contributed by atoms with Gasteiger partial charge < -0.3 is 14.6 Å². The van der Waals surface area contributed by atoms with Crippen molar-refractivity contribution < 1.29 is 9.53 Å². The van der Waals surface area contributed by atoms with Gasteiger partial charge in [-0.1, -0.05) is 0 Å². The van der Waals surface area contributed by atoms with Gasteiger partial charge in [0.25, 0.3) is 11.5 Å². The number of aromatic nitrogens is 4. The third-order valence-corrected chi connectivity index (χ3v) is 4.72. The Kier molecular flexibility index (Phi) is 4.75. The lowest BCUT2D eigenvalue weighted by molar-refractivity contribution is 0.0736. The molecule has 0 spiro atoms. The standard InChI is InChI=1S/C18H21N5O3/c24-16-6-15(21-11-22-16)5-12-9-23(3-4-26-10-12)18(25)14-7-19-17(20-8-14)13-1-2-13/h6-8,11-13H,1-5,9-10H2,(H,21,22,24)/t12-/m1/s1. The van der Waals surface area contributed by atoms with Crippen molar-refractivity contribution in [2.75, 3.05) is 26.3 Å². The van der Waals surface area contributed by atoms with E-state index in [1.807, 2.05) is 0 Å². The molecule has 3 heterocycles. The van der Waals surface area contributed by atoms with Crippen molar-refractivity contribution in [2.24, 2.45) is 5.92 Å². The van der Waals surface area contributed by atoms with Crippen LogP contribution < -0.4 is 5.56 Å². The number of aromatic amines is 1. The van der Waals surface area contributed by atoms with E-state index in [2.05, 4.69) is 19.9 Å². The lowest BCUT2D eigenvalue weighted by Crippen LogP contribution is -2.36. The Bertz CT molecular complexity index is 831. The van der Waals surface area contributed by atoms with Gasteiger partial charge in [0.15, 0.2) is 0 Å². The van der Waals surface area contributed by atoms with E-state index >= 15 is 0 Å². The summed E-state index contributed by atoms with van der Waals surface area (Å²) >= 11 is 0. The number of carbonyl (C=O) groups is 1. The second-order valence-corrected chi connectivity index (χ2v) is 6.90. The minimum atomic E-state index is -0.176. The summed E-state index contributed by atoms with van der Waals surface area (Å²) in [4.78, 5) is 41.4. The molecule has 1 amide bonds. The molecule has 0 aromatic carbocycles. The van der Waals surface area contributed by atoms with Crippen LogP contribution in [0.25, 0.3) is 0 Å². The first kappa shape index (κ1) is 16.8. The highest BCUT2D eigenvalue weighted by molar-refractivity contribution is 5.93. The number of nitrogens with zero attached hydrogens (tertiary/aromatic N) is 4. The quantitative estimate of drug-likeness (QED) is 0.869. The maximum Gasteiger partial charge on any atom is 0.257 e. The molecule has 8 nitrogen and oxygen atoms in total. The lowest BCUT2D eigenvalue weighted by atomic mass is 10.0. The maximum atomic E-state index is 12.8. The molecule has 1 saturated heterocycles. The van der Waals surface area contributed by atoms with Crippen LogP contribution in [0.5, 0.6) is 0 Å². The van der Waals surface area contributed by atoms with Crippen LogP contribution >= 0.6 is 0 Å². The van der Waals surface area contributed by atoms with E-state index in [1.165, 1.54) is 12.4 Å². The summed E-state index contributed by atoms with van der Waals surface area (Å²) in [6.45, 7) is 2.11. The smallest absolute Gasteiger partial charge is 0.257 e. The van der Waals surface area contributed by atoms with Gasteiger partial charge in [-0.15, -0.1) is 0 Å². The zero-order valence-electron chi connectivity index (χ0n) is 14.4. The van der Waals surface area contributed by atoms with Gasteiger partial charge in [-0.25, -0.2) is 15.0 Å². The molecule has 4 rings (SSSR count). The van der Waals surface area contributed by atoms with Crippen LogP contribution in [0.3, 0.4) is 0 Å². The number of amides is 1. The highest BCUT2D eigenvalue weighted by atomic mass is 16.5. The van der Waals surface area contributed by atoms with Gasteiger partial charge in [-0.05, 0) is 19.3 Å². The van der Waals surface area contributed by atoms with Crippen molar-refractivity contribution in [3.8, 4) is 0 Å². The van der Waals surface area contributed by atoms with Crippen molar-refractivity contribution in [3.05, 3.63) is 52.2 Å². The first-order valence-corrected chi connectivity index (χ1v) is 8.91. The molecule has 1 aliphatic heterocycles. The summed E-state index contributed by atoms with van der Waals surface area (Å²) in [5.74, 6) is 1.31. The van der Waals surface area contributed by atoms with Gasteiger partial charge in [-0.3, -0.25) is 9.59 Å². The normalized spacial score (nSPS) is 20.6. The zero-order valence-corrected chi connectivity index (χ0v) is 14.4. The Labute approximate surface area is 150 Å². The average Bonchev–Trinajstić information content (AvgIpc) is 3.49. The zero-order chi connectivity index (χ0) is 17.9. The SMILES string of the molecule is O=C(c1cnc(C2CC2)nc1)N1CCOC[C@H](Cc2cc(=O)[nH]cn2)C1. The van der Waals surface area contributed by atoms with E-state index < -0.39 is 0 Å². The number of carbonyl (C=O) groups excluding carboxylic acids is 1. The highest BCUT2D eigenvalue weighted by Gasteiger charge is 2.28. The van der Waals surface area contributed by atoms with Gasteiger partial charge in [-0.2, -0.15) is 0 Å². The summed E-state index contributed by atoms with van der Waals surface area (Å²) in [6, 6.07) is 1.49. The molecule has 2 aliphatic rings. The van der Waals surface area contributed by atoms with Crippen LogP contribution in [0.2, 0.25) is 0 Å². The minimum absolute atomic E-state index is 0.0817. The number of hydrogen-bond donors (Lipinski definition) is 1. The Morgan fingerprint density at radius 3 is 2.81 bits per heavy atom. The van der Waals surface area contributed by atoms with Gasteiger partial charge in [0.05, 0.1) is 25.1 Å². The maximum absolute atomic E-state index is 12.8. The predicted octanol–water partition coefficient (Wildman–Crippen LogP) is 0.769. The Hall–Kier alpha value is -2.61. The molecule has 136 valence electrons. The largest absolute Gasteiger partial charge is 0.379 e. The second-order valence-electron chi connectivity index (χ2n) is 6.90. The second kappa shape index (κ2) is 7.33.